The van der Waals surface area contributed by atoms with Crippen molar-refractivity contribution in [3.63, 3.8) is 0 Å². The van der Waals surface area contributed by atoms with Gasteiger partial charge in [0.2, 0.25) is 0 Å². The van der Waals surface area contributed by atoms with E-state index < -0.39 is 12.1 Å². The first-order valence-corrected chi connectivity index (χ1v) is 10.5. The van der Waals surface area contributed by atoms with Gasteiger partial charge in [-0.25, -0.2) is 9.59 Å². The van der Waals surface area contributed by atoms with E-state index in [0.29, 0.717) is 25.6 Å². The van der Waals surface area contributed by atoms with Crippen LogP contribution in [0.25, 0.3) is 21.5 Å². The number of benzene rings is 3. The van der Waals surface area contributed by atoms with Crippen LogP contribution in [0.1, 0.15) is 0 Å². The second-order valence-electron chi connectivity index (χ2n) is 6.87. The van der Waals surface area contributed by atoms with E-state index in [9.17, 15) is 9.59 Å². The topological polar surface area (TPSA) is 92.3 Å². The molecule has 0 aliphatic carbocycles. The molecule has 3 aromatic carbocycles. The molecule has 0 atom stereocenters. The third-order valence-corrected chi connectivity index (χ3v) is 4.76. The minimum absolute atomic E-state index is 0.160. The van der Waals surface area contributed by atoms with E-state index in [4.69, 9.17) is 23.7 Å². The first-order chi connectivity index (χ1) is 16.2. The number of hydrogen-bond donors (Lipinski definition) is 1. The first kappa shape index (κ1) is 24.0. The predicted octanol–water partition coefficient (Wildman–Crippen LogP) is 3.85. The van der Waals surface area contributed by atoms with Gasteiger partial charge in [-0.3, -0.25) is 0 Å². The summed E-state index contributed by atoms with van der Waals surface area (Å²) in [5.74, 6) is 0.734. The molecule has 3 aromatic rings. The quantitative estimate of drug-likeness (QED) is 0.193. The standard InChI is InChI=1S/C25H27NO7/c1-3-22(27)32-17-16-31-15-14-30-13-12-26-25(28)33-24-20-10-6-4-8-18(20)23(29-2)19-9-5-7-11-21(19)24/h3-11H,1,12-17H2,2H3,(H,26,28). The fraction of sp³-hybridized carbons (Fsp3) is 0.280. The molecule has 0 spiro atoms. The lowest BCUT2D eigenvalue weighted by molar-refractivity contribution is -0.139. The highest BCUT2D eigenvalue weighted by Gasteiger charge is 2.17. The Kier molecular flexibility index (Phi) is 9.05. The molecule has 0 bridgehead atoms. The number of carbonyl (C=O) groups excluding carboxylic acids is 2. The minimum Gasteiger partial charge on any atom is -0.495 e. The van der Waals surface area contributed by atoms with Crippen LogP contribution in [-0.4, -0.2) is 58.8 Å². The number of hydrogen-bond acceptors (Lipinski definition) is 7. The molecule has 0 aromatic heterocycles. The summed E-state index contributed by atoms with van der Waals surface area (Å²) in [5, 5.41) is 6.00. The number of ether oxygens (including phenoxy) is 5. The van der Waals surface area contributed by atoms with Crippen LogP contribution in [0.5, 0.6) is 11.5 Å². The summed E-state index contributed by atoms with van der Waals surface area (Å²) in [6.07, 6.45) is 0.528. The van der Waals surface area contributed by atoms with Gasteiger partial charge >= 0.3 is 12.1 Å². The zero-order valence-corrected chi connectivity index (χ0v) is 18.5. The molecular formula is C25H27NO7. The van der Waals surface area contributed by atoms with Gasteiger partial charge in [-0.1, -0.05) is 55.1 Å². The zero-order chi connectivity index (χ0) is 23.5. The average molecular weight is 453 g/mol. The summed E-state index contributed by atoms with van der Waals surface area (Å²) in [7, 11) is 1.63. The summed E-state index contributed by atoms with van der Waals surface area (Å²) in [6.45, 7) is 5.02. The number of amides is 1. The van der Waals surface area contributed by atoms with E-state index in [1.165, 1.54) is 0 Å². The zero-order valence-electron chi connectivity index (χ0n) is 18.5. The first-order valence-electron chi connectivity index (χ1n) is 10.5. The Labute approximate surface area is 192 Å². The van der Waals surface area contributed by atoms with E-state index in [2.05, 4.69) is 11.9 Å². The van der Waals surface area contributed by atoms with Crippen molar-refractivity contribution in [2.75, 3.05) is 46.7 Å². The Hall–Kier alpha value is -3.62. The summed E-state index contributed by atoms with van der Waals surface area (Å²) in [5.41, 5.74) is 0. The molecule has 8 nitrogen and oxygen atoms in total. The Bertz CT molecular complexity index is 1060. The van der Waals surface area contributed by atoms with Gasteiger partial charge in [0.15, 0.2) is 0 Å². The van der Waals surface area contributed by atoms with Gasteiger partial charge in [-0.2, -0.15) is 0 Å². The van der Waals surface area contributed by atoms with Gasteiger partial charge in [0.1, 0.15) is 18.1 Å². The van der Waals surface area contributed by atoms with E-state index >= 15 is 0 Å². The highest BCUT2D eigenvalue weighted by atomic mass is 16.6. The van der Waals surface area contributed by atoms with Crippen molar-refractivity contribution in [2.45, 2.75) is 0 Å². The van der Waals surface area contributed by atoms with Crippen LogP contribution < -0.4 is 14.8 Å². The maximum Gasteiger partial charge on any atom is 0.412 e. The van der Waals surface area contributed by atoms with E-state index in [1.807, 2.05) is 48.5 Å². The van der Waals surface area contributed by atoms with Crippen molar-refractivity contribution in [2.24, 2.45) is 0 Å². The van der Waals surface area contributed by atoms with Gasteiger partial charge in [0.25, 0.3) is 0 Å². The van der Waals surface area contributed by atoms with Crippen molar-refractivity contribution in [1.29, 1.82) is 0 Å². The molecule has 174 valence electrons. The molecule has 3 rings (SSSR count). The van der Waals surface area contributed by atoms with E-state index in [-0.39, 0.29) is 19.8 Å². The molecule has 0 heterocycles. The lowest BCUT2D eigenvalue weighted by Crippen LogP contribution is -2.30. The van der Waals surface area contributed by atoms with Crippen LogP contribution in [0.2, 0.25) is 0 Å². The van der Waals surface area contributed by atoms with Crippen LogP contribution in [0, 0.1) is 0 Å². The van der Waals surface area contributed by atoms with Crippen LogP contribution >= 0.6 is 0 Å². The number of carbonyl (C=O) groups is 2. The monoisotopic (exact) mass is 453 g/mol. The fourth-order valence-corrected chi connectivity index (χ4v) is 3.31. The maximum atomic E-state index is 12.4. The lowest BCUT2D eigenvalue weighted by Gasteiger charge is -2.16. The van der Waals surface area contributed by atoms with Gasteiger partial charge < -0.3 is 29.0 Å². The molecule has 33 heavy (non-hydrogen) atoms. The highest BCUT2D eigenvalue weighted by molar-refractivity contribution is 6.11. The minimum atomic E-state index is -0.570. The SMILES string of the molecule is C=CC(=O)OCCOCCOCCNC(=O)Oc1c2ccccc2c(OC)c2ccccc12. The smallest absolute Gasteiger partial charge is 0.412 e. The van der Waals surface area contributed by atoms with Crippen molar-refractivity contribution >= 4 is 33.6 Å². The second-order valence-corrected chi connectivity index (χ2v) is 6.87. The molecule has 8 heteroatoms. The number of esters is 1. The van der Waals surface area contributed by atoms with Gasteiger partial charge in [0.05, 0.1) is 33.5 Å². The van der Waals surface area contributed by atoms with Crippen molar-refractivity contribution in [3.8, 4) is 11.5 Å². The molecule has 0 saturated carbocycles. The number of rotatable bonds is 12. The Morgan fingerprint density at radius 2 is 1.33 bits per heavy atom. The van der Waals surface area contributed by atoms with E-state index in [1.54, 1.807) is 7.11 Å². The van der Waals surface area contributed by atoms with Crippen LogP contribution in [0.3, 0.4) is 0 Å². The molecule has 0 unspecified atom stereocenters. The average Bonchev–Trinajstić information content (AvgIpc) is 2.85. The predicted molar refractivity (Wildman–Crippen MR) is 125 cm³/mol. The third-order valence-electron chi connectivity index (χ3n) is 4.76. The maximum absolute atomic E-state index is 12.4. The molecule has 0 radical (unpaired) electrons. The third kappa shape index (κ3) is 6.44. The molecule has 0 saturated heterocycles. The molecular weight excluding hydrogens is 426 g/mol. The summed E-state index contributed by atoms with van der Waals surface area (Å²) in [4.78, 5) is 23.3. The second kappa shape index (κ2) is 12.4. The van der Waals surface area contributed by atoms with Crippen molar-refractivity contribution in [1.82, 2.24) is 5.32 Å². The molecule has 0 aliphatic heterocycles. The molecule has 1 N–H and O–H groups in total. The summed E-state index contributed by atoms with van der Waals surface area (Å²) in [6, 6.07) is 15.3. The molecule has 1 amide bonds. The van der Waals surface area contributed by atoms with Gasteiger partial charge in [-0.15, -0.1) is 0 Å². The summed E-state index contributed by atoms with van der Waals surface area (Å²) < 4.78 is 26.8. The molecule has 0 aliphatic rings. The van der Waals surface area contributed by atoms with Gasteiger partial charge in [0, 0.05) is 34.2 Å². The van der Waals surface area contributed by atoms with Crippen LogP contribution in [-0.2, 0) is 19.0 Å². The van der Waals surface area contributed by atoms with Crippen molar-refractivity contribution in [3.05, 3.63) is 61.2 Å². The van der Waals surface area contributed by atoms with Gasteiger partial charge in [-0.05, 0) is 0 Å². The van der Waals surface area contributed by atoms with E-state index in [0.717, 1.165) is 33.4 Å². The number of fused-ring (bicyclic) bond motifs is 2. The van der Waals surface area contributed by atoms with Crippen LogP contribution in [0.4, 0.5) is 4.79 Å². The van der Waals surface area contributed by atoms with Crippen molar-refractivity contribution < 1.29 is 33.3 Å². The summed E-state index contributed by atoms with van der Waals surface area (Å²) >= 11 is 0. The number of methoxy groups -OCH3 is 1. The number of nitrogens with one attached hydrogen (secondary N) is 1. The lowest BCUT2D eigenvalue weighted by atomic mass is 10.0. The largest absolute Gasteiger partial charge is 0.495 e. The normalized spacial score (nSPS) is 10.7. The Balaban J connectivity index is 1.48. The van der Waals surface area contributed by atoms with Crippen LogP contribution in [0.15, 0.2) is 61.2 Å². The Morgan fingerprint density at radius 3 is 1.88 bits per heavy atom. The fourth-order valence-electron chi connectivity index (χ4n) is 3.31. The Morgan fingerprint density at radius 1 is 0.818 bits per heavy atom. The molecule has 0 fully saturated rings. The highest BCUT2D eigenvalue weighted by Crippen LogP contribution is 2.42.